The highest BCUT2D eigenvalue weighted by molar-refractivity contribution is 7.81. The number of nitrogens with zero attached hydrogens (tertiary/aromatic N) is 1. The molecule has 0 saturated carbocycles. The number of anilines is 1. The van der Waals surface area contributed by atoms with Crippen LogP contribution in [0.1, 0.15) is 5.56 Å². The second-order valence-electron chi connectivity index (χ2n) is 5.97. The zero-order valence-corrected chi connectivity index (χ0v) is 14.7. The number of hydrogen-bond acceptors (Lipinski definition) is 3. The number of para-hydroxylation sites is 1. The van der Waals surface area contributed by atoms with Crippen LogP contribution in [0.3, 0.4) is 0 Å². The van der Waals surface area contributed by atoms with Crippen LogP contribution < -0.4 is 5.32 Å². The molecule has 2 N–H and O–H groups in total. The molecule has 0 bridgehead atoms. The van der Waals surface area contributed by atoms with Crippen LogP contribution in [0.15, 0.2) is 85.1 Å². The molecule has 0 aliphatic carbocycles. The second-order valence-corrected chi connectivity index (χ2v) is 6.38. The van der Waals surface area contributed by atoms with E-state index in [1.54, 1.807) is 12.3 Å². The molecular formula is C22H16N2OS. The largest absolute Gasteiger partial charge is 0.506 e. The van der Waals surface area contributed by atoms with E-state index in [1.807, 2.05) is 72.8 Å². The Morgan fingerprint density at radius 1 is 0.846 bits per heavy atom. The average Bonchev–Trinajstić information content (AvgIpc) is 2.69. The first-order valence-electron chi connectivity index (χ1n) is 8.25. The van der Waals surface area contributed by atoms with E-state index in [0.717, 1.165) is 27.8 Å². The fourth-order valence-electron chi connectivity index (χ4n) is 2.90. The maximum absolute atomic E-state index is 10.3. The Morgan fingerprint density at radius 3 is 2.54 bits per heavy atom. The molecule has 1 heterocycles. The number of thiocarbonyl (C=S) groups is 1. The number of aromatic hydroxyl groups is 1. The van der Waals surface area contributed by atoms with Crippen LogP contribution in [0.5, 0.6) is 5.75 Å². The molecule has 4 rings (SSSR count). The number of hydrogen-bond donors (Lipinski definition) is 2. The van der Waals surface area contributed by atoms with Gasteiger partial charge in [0.1, 0.15) is 16.3 Å². The molecule has 3 aromatic carbocycles. The Bertz CT molecular complexity index is 1090. The van der Waals surface area contributed by atoms with Crippen molar-refractivity contribution < 1.29 is 5.11 Å². The van der Waals surface area contributed by atoms with Crippen LogP contribution >= 0.6 is 12.2 Å². The number of pyridine rings is 1. The van der Waals surface area contributed by atoms with Crippen molar-refractivity contribution in [2.75, 3.05) is 5.32 Å². The normalized spacial score (nSPS) is 10.6. The van der Waals surface area contributed by atoms with Crippen LogP contribution in [0.2, 0.25) is 0 Å². The molecule has 0 aliphatic rings. The minimum absolute atomic E-state index is 0.175. The fourth-order valence-corrected chi connectivity index (χ4v) is 3.15. The summed E-state index contributed by atoms with van der Waals surface area (Å²) in [6, 6.07) is 25.4. The quantitative estimate of drug-likeness (QED) is 0.483. The first-order valence-corrected chi connectivity index (χ1v) is 8.66. The van der Waals surface area contributed by atoms with E-state index >= 15 is 0 Å². The monoisotopic (exact) mass is 356 g/mol. The van der Waals surface area contributed by atoms with E-state index in [9.17, 15) is 5.11 Å². The van der Waals surface area contributed by atoms with Crippen LogP contribution in [-0.4, -0.2) is 15.1 Å². The zero-order chi connectivity index (χ0) is 17.9. The third kappa shape index (κ3) is 3.27. The van der Waals surface area contributed by atoms with Gasteiger partial charge < -0.3 is 10.4 Å². The summed E-state index contributed by atoms with van der Waals surface area (Å²) in [5.41, 5.74) is 4.39. The van der Waals surface area contributed by atoms with Crippen molar-refractivity contribution in [3.63, 3.8) is 0 Å². The van der Waals surface area contributed by atoms with Crippen molar-refractivity contribution in [1.29, 1.82) is 0 Å². The summed E-state index contributed by atoms with van der Waals surface area (Å²) < 4.78 is 0. The van der Waals surface area contributed by atoms with E-state index in [4.69, 9.17) is 12.2 Å². The van der Waals surface area contributed by atoms with Gasteiger partial charge >= 0.3 is 0 Å². The molecule has 0 atom stereocenters. The van der Waals surface area contributed by atoms with Crippen molar-refractivity contribution >= 4 is 33.8 Å². The predicted molar refractivity (Wildman–Crippen MR) is 111 cm³/mol. The Kier molecular flexibility index (Phi) is 4.33. The highest BCUT2D eigenvalue weighted by Gasteiger charge is 2.08. The summed E-state index contributed by atoms with van der Waals surface area (Å²) in [7, 11) is 0. The lowest BCUT2D eigenvalue weighted by molar-refractivity contribution is 0.480. The molecule has 0 radical (unpaired) electrons. The summed E-state index contributed by atoms with van der Waals surface area (Å²) in [5, 5.41) is 14.4. The highest BCUT2D eigenvalue weighted by Crippen LogP contribution is 2.31. The molecule has 0 unspecified atom stereocenters. The summed E-state index contributed by atoms with van der Waals surface area (Å²) in [4.78, 5) is 4.88. The van der Waals surface area contributed by atoms with Crippen LogP contribution in [-0.2, 0) is 0 Å². The van der Waals surface area contributed by atoms with Crippen LogP contribution in [0.25, 0.3) is 22.0 Å². The van der Waals surface area contributed by atoms with Crippen molar-refractivity contribution in [2.24, 2.45) is 0 Å². The lowest BCUT2D eigenvalue weighted by Gasteiger charge is -2.11. The third-order valence-corrected chi connectivity index (χ3v) is 4.51. The van der Waals surface area contributed by atoms with Gasteiger partial charge in [-0.25, -0.2) is 0 Å². The van der Waals surface area contributed by atoms with Crippen LogP contribution in [0.4, 0.5) is 5.69 Å². The van der Waals surface area contributed by atoms with E-state index in [-0.39, 0.29) is 5.75 Å². The number of rotatable bonds is 3. The molecule has 26 heavy (non-hydrogen) atoms. The van der Waals surface area contributed by atoms with E-state index in [1.165, 1.54) is 0 Å². The van der Waals surface area contributed by atoms with Crippen molar-refractivity contribution in [3.05, 3.63) is 90.6 Å². The van der Waals surface area contributed by atoms with Gasteiger partial charge in [0.25, 0.3) is 0 Å². The van der Waals surface area contributed by atoms with E-state index in [0.29, 0.717) is 10.5 Å². The number of aromatic nitrogens is 1. The lowest BCUT2D eigenvalue weighted by Crippen LogP contribution is -2.10. The molecule has 0 spiro atoms. The summed E-state index contributed by atoms with van der Waals surface area (Å²) >= 11 is 5.54. The zero-order valence-electron chi connectivity index (χ0n) is 13.9. The maximum atomic E-state index is 10.3. The summed E-state index contributed by atoms with van der Waals surface area (Å²) in [6.45, 7) is 0. The number of fused-ring (bicyclic) bond motifs is 1. The molecule has 0 amide bonds. The SMILES string of the molecule is Oc1cc(-c2cccc(C(=S)Nc3ccccc3)c2)cc2cccnc12. The Balaban J connectivity index is 1.69. The van der Waals surface area contributed by atoms with Gasteiger partial charge in [0.15, 0.2) is 0 Å². The summed E-state index contributed by atoms with van der Waals surface area (Å²) in [6.07, 6.45) is 1.68. The molecule has 3 nitrogen and oxygen atoms in total. The van der Waals surface area contributed by atoms with Crippen LogP contribution in [0, 0.1) is 0 Å². The van der Waals surface area contributed by atoms with Crippen molar-refractivity contribution in [3.8, 4) is 16.9 Å². The van der Waals surface area contributed by atoms with Gasteiger partial charge in [-0.15, -0.1) is 0 Å². The number of phenols is 1. The maximum Gasteiger partial charge on any atom is 0.142 e. The lowest BCUT2D eigenvalue weighted by atomic mass is 10.0. The Hall–Kier alpha value is -3.24. The third-order valence-electron chi connectivity index (χ3n) is 4.17. The van der Waals surface area contributed by atoms with Crippen molar-refractivity contribution in [2.45, 2.75) is 0 Å². The van der Waals surface area contributed by atoms with Crippen molar-refractivity contribution in [1.82, 2.24) is 4.98 Å². The van der Waals surface area contributed by atoms with Gasteiger partial charge in [-0.05, 0) is 47.5 Å². The van der Waals surface area contributed by atoms with Gasteiger partial charge in [0.2, 0.25) is 0 Å². The number of nitrogens with one attached hydrogen (secondary N) is 1. The molecular weight excluding hydrogens is 340 g/mol. The van der Waals surface area contributed by atoms with Gasteiger partial charge in [-0.2, -0.15) is 0 Å². The minimum Gasteiger partial charge on any atom is -0.506 e. The molecule has 0 saturated heterocycles. The van der Waals surface area contributed by atoms with E-state index in [2.05, 4.69) is 10.3 Å². The fraction of sp³-hybridized carbons (Fsp3) is 0. The van der Waals surface area contributed by atoms with Gasteiger partial charge in [-0.3, -0.25) is 4.98 Å². The molecule has 126 valence electrons. The predicted octanol–water partition coefficient (Wildman–Crippen LogP) is 5.40. The summed E-state index contributed by atoms with van der Waals surface area (Å²) in [5.74, 6) is 0.175. The number of phenolic OH excluding ortho intramolecular Hbond substituents is 1. The highest BCUT2D eigenvalue weighted by atomic mass is 32.1. The standard InChI is InChI=1S/C22H16N2OS/c25-20-14-18(13-16-8-5-11-23-21(16)20)15-6-4-7-17(12-15)22(26)24-19-9-2-1-3-10-19/h1-14,25H,(H,24,26). The first kappa shape index (κ1) is 16.2. The van der Waals surface area contributed by atoms with E-state index < -0.39 is 0 Å². The second kappa shape index (κ2) is 6.94. The Labute approximate surface area is 157 Å². The van der Waals surface area contributed by atoms with Gasteiger partial charge in [-0.1, -0.05) is 54.7 Å². The molecule has 1 aromatic heterocycles. The van der Waals surface area contributed by atoms with Gasteiger partial charge in [0.05, 0.1) is 0 Å². The smallest absolute Gasteiger partial charge is 0.142 e. The molecule has 4 heteroatoms. The molecule has 0 aliphatic heterocycles. The average molecular weight is 356 g/mol. The molecule has 4 aromatic rings. The Morgan fingerprint density at radius 2 is 1.69 bits per heavy atom. The van der Waals surface area contributed by atoms with Gasteiger partial charge in [0, 0.05) is 22.8 Å². The first-order chi connectivity index (χ1) is 12.7. The molecule has 0 fully saturated rings. The topological polar surface area (TPSA) is 45.1 Å². The number of benzene rings is 3. The minimum atomic E-state index is 0.175.